The maximum atomic E-state index is 5.70. The number of aromatic nitrogens is 2. The number of hydrazine groups is 1. The molecule has 0 aromatic carbocycles. The summed E-state index contributed by atoms with van der Waals surface area (Å²) in [4.78, 5) is 4.29. The molecular weight excluding hydrogens is 308 g/mol. The normalized spacial score (nSPS) is 13.5. The average molecular weight is 333 g/mol. The van der Waals surface area contributed by atoms with Gasteiger partial charge in [-0.3, -0.25) is 16.0 Å². The molecular formula is C12H25BrN6. The smallest absolute Gasteiger partial charge is 0.0710 e. The number of likely N-dealkylation sites (N-methyl/N-ethyl adjacent to an activating group) is 1. The van der Waals surface area contributed by atoms with Crippen molar-refractivity contribution in [1.82, 2.24) is 25.0 Å². The van der Waals surface area contributed by atoms with Crippen LogP contribution in [-0.2, 0) is 6.54 Å². The summed E-state index contributed by atoms with van der Waals surface area (Å²) in [6.45, 7) is 2.78. The molecule has 0 amide bonds. The number of nitrogens with one attached hydrogen (secondary N) is 1. The molecule has 0 aliphatic carbocycles. The quantitative estimate of drug-likeness (QED) is 0.541. The van der Waals surface area contributed by atoms with Gasteiger partial charge in [0.15, 0.2) is 0 Å². The van der Waals surface area contributed by atoms with Gasteiger partial charge in [0.2, 0.25) is 0 Å². The second-order valence-electron chi connectivity index (χ2n) is 5.22. The zero-order valence-electron chi connectivity index (χ0n) is 12.2. The Morgan fingerprint density at radius 3 is 2.47 bits per heavy atom. The van der Waals surface area contributed by atoms with Crippen LogP contribution in [0.1, 0.15) is 18.2 Å². The highest BCUT2D eigenvalue weighted by atomic mass is 79.9. The fraction of sp³-hybridized carbons (Fsp3) is 0.750. The van der Waals surface area contributed by atoms with Gasteiger partial charge in [-0.1, -0.05) is 0 Å². The lowest BCUT2D eigenvalue weighted by atomic mass is 10.1. The van der Waals surface area contributed by atoms with E-state index < -0.39 is 0 Å². The van der Waals surface area contributed by atoms with Crippen LogP contribution in [0.2, 0.25) is 0 Å². The first-order valence-electron chi connectivity index (χ1n) is 6.42. The number of rotatable bonds is 8. The minimum atomic E-state index is 0.0986. The highest BCUT2D eigenvalue weighted by molar-refractivity contribution is 9.10. The maximum absolute atomic E-state index is 5.70. The van der Waals surface area contributed by atoms with Gasteiger partial charge in [-0.2, -0.15) is 5.10 Å². The number of nitrogens with zero attached hydrogens (tertiary/aromatic N) is 4. The molecule has 0 aliphatic heterocycles. The molecule has 0 fully saturated rings. The van der Waals surface area contributed by atoms with Crippen molar-refractivity contribution in [2.24, 2.45) is 5.84 Å². The summed E-state index contributed by atoms with van der Waals surface area (Å²) in [5.41, 5.74) is 4.01. The molecule has 1 heterocycles. The van der Waals surface area contributed by atoms with Gasteiger partial charge in [0, 0.05) is 6.54 Å². The van der Waals surface area contributed by atoms with Gasteiger partial charge < -0.3 is 9.80 Å². The van der Waals surface area contributed by atoms with Crippen molar-refractivity contribution in [3.8, 4) is 0 Å². The summed E-state index contributed by atoms with van der Waals surface area (Å²) in [6.07, 6.45) is 2.78. The van der Waals surface area contributed by atoms with Gasteiger partial charge in [0.1, 0.15) is 0 Å². The highest BCUT2D eigenvalue weighted by Crippen LogP contribution is 2.25. The zero-order chi connectivity index (χ0) is 14.4. The largest absolute Gasteiger partial charge is 0.309 e. The van der Waals surface area contributed by atoms with E-state index in [4.69, 9.17) is 5.84 Å². The zero-order valence-corrected chi connectivity index (χ0v) is 13.8. The average Bonchev–Trinajstić information content (AvgIpc) is 2.69. The molecule has 0 aliphatic rings. The van der Waals surface area contributed by atoms with Crippen LogP contribution >= 0.6 is 15.9 Å². The van der Waals surface area contributed by atoms with E-state index in [2.05, 4.69) is 64.4 Å². The Morgan fingerprint density at radius 1 is 1.32 bits per heavy atom. The van der Waals surface area contributed by atoms with Crippen molar-refractivity contribution in [3.05, 3.63) is 16.4 Å². The van der Waals surface area contributed by atoms with Crippen LogP contribution in [0.5, 0.6) is 0 Å². The fourth-order valence-electron chi connectivity index (χ4n) is 1.88. The van der Waals surface area contributed by atoms with Gasteiger partial charge in [-0.05, 0) is 57.1 Å². The maximum Gasteiger partial charge on any atom is 0.0710 e. The Labute approximate surface area is 124 Å². The van der Waals surface area contributed by atoms with Gasteiger partial charge in [-0.15, -0.1) is 0 Å². The molecule has 0 radical (unpaired) electrons. The van der Waals surface area contributed by atoms with E-state index in [1.807, 2.05) is 10.9 Å². The summed E-state index contributed by atoms with van der Waals surface area (Å²) in [5.74, 6) is 5.70. The summed E-state index contributed by atoms with van der Waals surface area (Å²) in [6, 6.07) is 0.0986. The number of hydrogen-bond acceptors (Lipinski definition) is 5. The van der Waals surface area contributed by atoms with Crippen molar-refractivity contribution >= 4 is 15.9 Å². The van der Waals surface area contributed by atoms with Crippen LogP contribution in [0.15, 0.2) is 10.7 Å². The third-order valence-electron chi connectivity index (χ3n) is 2.99. The minimum Gasteiger partial charge on any atom is -0.309 e. The van der Waals surface area contributed by atoms with E-state index in [-0.39, 0.29) is 6.04 Å². The van der Waals surface area contributed by atoms with Gasteiger partial charge in [0.25, 0.3) is 0 Å². The summed E-state index contributed by atoms with van der Waals surface area (Å²) < 4.78 is 3.03. The van der Waals surface area contributed by atoms with Crippen LogP contribution in [0.25, 0.3) is 0 Å². The van der Waals surface area contributed by atoms with Crippen molar-refractivity contribution in [2.45, 2.75) is 19.0 Å². The third-order valence-corrected chi connectivity index (χ3v) is 3.60. The predicted molar refractivity (Wildman–Crippen MR) is 81.7 cm³/mol. The molecule has 110 valence electrons. The minimum absolute atomic E-state index is 0.0986. The van der Waals surface area contributed by atoms with Crippen molar-refractivity contribution in [1.29, 1.82) is 0 Å². The first-order valence-corrected chi connectivity index (χ1v) is 7.21. The first kappa shape index (κ1) is 16.6. The van der Waals surface area contributed by atoms with Crippen molar-refractivity contribution in [3.63, 3.8) is 0 Å². The highest BCUT2D eigenvalue weighted by Gasteiger charge is 2.19. The Kier molecular flexibility index (Phi) is 6.95. The third kappa shape index (κ3) is 5.19. The van der Waals surface area contributed by atoms with Gasteiger partial charge >= 0.3 is 0 Å². The SMILES string of the molecule is CN(C)CCC(NN)c1c(Br)cnn1CCN(C)C. The monoisotopic (exact) mass is 332 g/mol. The molecule has 19 heavy (non-hydrogen) atoms. The molecule has 1 unspecified atom stereocenters. The lowest BCUT2D eigenvalue weighted by Crippen LogP contribution is -2.33. The second kappa shape index (κ2) is 7.96. The van der Waals surface area contributed by atoms with E-state index in [9.17, 15) is 0 Å². The van der Waals surface area contributed by atoms with Crippen LogP contribution in [-0.4, -0.2) is 60.9 Å². The Bertz CT molecular complexity index is 376. The number of halogens is 1. The first-order chi connectivity index (χ1) is 8.95. The molecule has 6 nitrogen and oxygen atoms in total. The van der Waals surface area contributed by atoms with Gasteiger partial charge in [0.05, 0.1) is 29.0 Å². The van der Waals surface area contributed by atoms with Gasteiger partial charge in [-0.25, -0.2) is 0 Å². The molecule has 3 N–H and O–H groups in total. The summed E-state index contributed by atoms with van der Waals surface area (Å²) >= 11 is 3.57. The Hall–Kier alpha value is -0.470. The van der Waals surface area contributed by atoms with E-state index in [0.29, 0.717) is 0 Å². The van der Waals surface area contributed by atoms with Crippen molar-refractivity contribution < 1.29 is 0 Å². The predicted octanol–water partition coefficient (Wildman–Crippen LogP) is 0.663. The van der Waals surface area contributed by atoms with E-state index >= 15 is 0 Å². The lowest BCUT2D eigenvalue weighted by Gasteiger charge is -2.21. The molecule has 1 rings (SSSR count). The van der Waals surface area contributed by atoms with E-state index in [1.54, 1.807) is 0 Å². The molecule has 0 bridgehead atoms. The van der Waals surface area contributed by atoms with Crippen LogP contribution in [0.3, 0.4) is 0 Å². The number of hydrogen-bond donors (Lipinski definition) is 2. The fourth-order valence-corrected chi connectivity index (χ4v) is 2.45. The lowest BCUT2D eigenvalue weighted by molar-refractivity contribution is 0.338. The molecule has 1 aromatic rings. The number of nitrogens with two attached hydrogens (primary N) is 1. The molecule has 7 heteroatoms. The van der Waals surface area contributed by atoms with Crippen molar-refractivity contribution in [2.75, 3.05) is 41.3 Å². The van der Waals surface area contributed by atoms with Crippen LogP contribution in [0.4, 0.5) is 0 Å². The Morgan fingerprint density at radius 2 is 1.95 bits per heavy atom. The van der Waals surface area contributed by atoms with Crippen LogP contribution < -0.4 is 11.3 Å². The van der Waals surface area contributed by atoms with Crippen LogP contribution in [0, 0.1) is 0 Å². The topological polar surface area (TPSA) is 62.4 Å². The Balaban J connectivity index is 2.80. The molecule has 0 saturated carbocycles. The summed E-state index contributed by atoms with van der Waals surface area (Å²) in [5, 5.41) is 4.42. The van der Waals surface area contributed by atoms with E-state index in [0.717, 1.165) is 36.2 Å². The second-order valence-corrected chi connectivity index (χ2v) is 6.07. The summed E-state index contributed by atoms with van der Waals surface area (Å²) in [7, 11) is 8.24. The van der Waals surface area contributed by atoms with E-state index in [1.165, 1.54) is 0 Å². The molecule has 0 spiro atoms. The molecule has 0 saturated heterocycles. The standard InChI is InChI=1S/C12H25BrN6/c1-17(2)6-5-11(16-14)12-10(13)9-15-19(12)8-7-18(3)4/h9,11,16H,5-8,14H2,1-4H3. The molecule has 1 atom stereocenters. The molecule has 1 aromatic heterocycles.